The van der Waals surface area contributed by atoms with E-state index < -0.39 is 0 Å². The molecule has 1 unspecified atom stereocenters. The van der Waals surface area contributed by atoms with Gasteiger partial charge in [-0.15, -0.1) is 10.2 Å². The average Bonchev–Trinajstić information content (AvgIpc) is 3.39. The average molecular weight is 462 g/mol. The third-order valence-electron chi connectivity index (χ3n) is 4.63. The van der Waals surface area contributed by atoms with Crippen LogP contribution in [0.15, 0.2) is 48.5 Å². The first-order valence-corrected chi connectivity index (χ1v) is 10.8. The highest BCUT2D eigenvalue weighted by molar-refractivity contribution is 7.13. The van der Waals surface area contributed by atoms with Crippen LogP contribution in [-0.2, 0) is 0 Å². The van der Waals surface area contributed by atoms with Gasteiger partial charge in [-0.05, 0) is 43.2 Å². The molecule has 4 rings (SSSR count). The Morgan fingerprint density at radius 1 is 1.07 bits per heavy atom. The van der Waals surface area contributed by atoms with E-state index in [0.29, 0.717) is 33.0 Å². The molecule has 1 aliphatic rings. The fourth-order valence-electron chi connectivity index (χ4n) is 3.23. The van der Waals surface area contributed by atoms with Crippen LogP contribution in [0.3, 0.4) is 0 Å². The van der Waals surface area contributed by atoms with Crippen LogP contribution in [0.2, 0.25) is 10.0 Å². The summed E-state index contributed by atoms with van der Waals surface area (Å²) < 4.78 is 0. The SMILES string of the molecule is O=C(Nc1cccc(Cl)c1)c1nnc(C2CCCN2C(=O)Nc2ccccc2Cl)s1. The quantitative estimate of drug-likeness (QED) is 0.539. The van der Waals surface area contributed by atoms with Gasteiger partial charge in [-0.25, -0.2) is 4.79 Å². The number of hydrogen-bond donors (Lipinski definition) is 2. The monoisotopic (exact) mass is 461 g/mol. The number of halogens is 2. The first kappa shape index (κ1) is 20.6. The van der Waals surface area contributed by atoms with E-state index in [1.807, 2.05) is 0 Å². The molecular formula is C20H17Cl2N5O2S. The van der Waals surface area contributed by atoms with Gasteiger partial charge in [-0.2, -0.15) is 0 Å². The number of hydrogen-bond acceptors (Lipinski definition) is 5. The van der Waals surface area contributed by atoms with Crippen molar-refractivity contribution < 1.29 is 9.59 Å². The molecule has 3 amide bonds. The minimum Gasteiger partial charge on any atom is -0.320 e. The van der Waals surface area contributed by atoms with E-state index >= 15 is 0 Å². The lowest BCUT2D eigenvalue weighted by Crippen LogP contribution is -2.34. The summed E-state index contributed by atoms with van der Waals surface area (Å²) in [5.41, 5.74) is 1.12. The number of para-hydroxylation sites is 1. The molecule has 1 aromatic heterocycles. The highest BCUT2D eigenvalue weighted by Gasteiger charge is 2.33. The van der Waals surface area contributed by atoms with E-state index in [1.54, 1.807) is 53.4 Å². The first-order chi connectivity index (χ1) is 14.5. The Bertz CT molecular complexity index is 1090. The predicted molar refractivity (Wildman–Crippen MR) is 118 cm³/mol. The summed E-state index contributed by atoms with van der Waals surface area (Å²) in [6.07, 6.45) is 1.59. The molecule has 1 aliphatic heterocycles. The Hall–Kier alpha value is -2.68. The molecule has 2 N–H and O–H groups in total. The molecule has 2 heterocycles. The van der Waals surface area contributed by atoms with Gasteiger partial charge >= 0.3 is 6.03 Å². The predicted octanol–water partition coefficient (Wildman–Crippen LogP) is 5.47. The molecule has 0 aliphatic carbocycles. The second kappa shape index (κ2) is 8.99. The summed E-state index contributed by atoms with van der Waals surface area (Å²) in [6.45, 7) is 0.588. The third kappa shape index (κ3) is 4.56. The van der Waals surface area contributed by atoms with E-state index in [4.69, 9.17) is 23.2 Å². The van der Waals surface area contributed by atoms with E-state index in [2.05, 4.69) is 20.8 Å². The molecule has 2 aromatic carbocycles. The topological polar surface area (TPSA) is 87.2 Å². The number of carbonyl (C=O) groups excluding carboxylic acids is 2. The van der Waals surface area contributed by atoms with E-state index in [9.17, 15) is 9.59 Å². The summed E-state index contributed by atoms with van der Waals surface area (Å²) >= 11 is 13.3. The smallest absolute Gasteiger partial charge is 0.320 e. The van der Waals surface area contributed by atoms with Crippen molar-refractivity contribution in [3.63, 3.8) is 0 Å². The minimum absolute atomic E-state index is 0.225. The van der Waals surface area contributed by atoms with Crippen LogP contribution in [0.1, 0.15) is 33.7 Å². The maximum atomic E-state index is 12.8. The van der Waals surface area contributed by atoms with Crippen molar-refractivity contribution in [2.45, 2.75) is 18.9 Å². The van der Waals surface area contributed by atoms with Gasteiger partial charge in [0.2, 0.25) is 5.01 Å². The summed E-state index contributed by atoms with van der Waals surface area (Å²) in [5.74, 6) is -0.369. The molecule has 0 saturated carbocycles. The fourth-order valence-corrected chi connectivity index (χ4v) is 4.49. The Balaban J connectivity index is 1.46. The lowest BCUT2D eigenvalue weighted by molar-refractivity contribution is 0.102. The van der Waals surface area contributed by atoms with Gasteiger partial charge in [0.05, 0.1) is 16.8 Å². The van der Waals surface area contributed by atoms with Crippen molar-refractivity contribution in [1.82, 2.24) is 15.1 Å². The standard InChI is InChI=1S/C20H17Cl2N5O2S/c21-12-5-3-6-13(11-12)23-17(28)19-26-25-18(30-19)16-9-4-10-27(16)20(29)24-15-8-2-1-7-14(15)22/h1-3,5-8,11,16H,4,9-10H2,(H,23,28)(H,24,29). The molecule has 0 bridgehead atoms. The summed E-state index contributed by atoms with van der Waals surface area (Å²) in [7, 11) is 0. The van der Waals surface area contributed by atoms with Gasteiger partial charge in [0.25, 0.3) is 5.91 Å². The van der Waals surface area contributed by atoms with E-state index in [-0.39, 0.29) is 23.0 Å². The lowest BCUT2D eigenvalue weighted by Gasteiger charge is -2.23. The van der Waals surface area contributed by atoms with Crippen LogP contribution in [0.25, 0.3) is 0 Å². The molecule has 1 fully saturated rings. The number of nitrogens with zero attached hydrogens (tertiary/aromatic N) is 3. The van der Waals surface area contributed by atoms with Gasteiger partial charge in [0, 0.05) is 17.3 Å². The highest BCUT2D eigenvalue weighted by Crippen LogP contribution is 2.34. The molecule has 7 nitrogen and oxygen atoms in total. The first-order valence-electron chi connectivity index (χ1n) is 9.24. The van der Waals surface area contributed by atoms with Crippen molar-refractivity contribution in [1.29, 1.82) is 0 Å². The summed E-state index contributed by atoms with van der Waals surface area (Å²) in [4.78, 5) is 27.0. The molecule has 0 spiro atoms. The van der Waals surface area contributed by atoms with Crippen molar-refractivity contribution in [2.24, 2.45) is 0 Å². The Kier molecular flexibility index (Phi) is 6.17. The van der Waals surface area contributed by atoms with Crippen LogP contribution < -0.4 is 10.6 Å². The second-order valence-corrected chi connectivity index (χ2v) is 8.52. The van der Waals surface area contributed by atoms with Crippen molar-refractivity contribution in [2.75, 3.05) is 17.2 Å². The Morgan fingerprint density at radius 3 is 2.70 bits per heavy atom. The number of rotatable bonds is 4. The van der Waals surface area contributed by atoms with Gasteiger partial charge < -0.3 is 15.5 Å². The van der Waals surface area contributed by atoms with E-state index in [1.165, 1.54) is 11.3 Å². The number of urea groups is 1. The number of carbonyl (C=O) groups is 2. The normalized spacial score (nSPS) is 15.8. The van der Waals surface area contributed by atoms with Crippen molar-refractivity contribution >= 4 is 57.9 Å². The molecule has 0 radical (unpaired) electrons. The molecule has 1 atom stereocenters. The summed E-state index contributed by atoms with van der Waals surface area (Å²) in [6, 6.07) is 13.4. The molecule has 3 aromatic rings. The van der Waals surface area contributed by atoms with Crippen LogP contribution in [0.5, 0.6) is 0 Å². The number of nitrogens with one attached hydrogen (secondary N) is 2. The zero-order valence-electron chi connectivity index (χ0n) is 15.6. The largest absolute Gasteiger partial charge is 0.322 e. The molecule has 30 heavy (non-hydrogen) atoms. The minimum atomic E-state index is -0.369. The molecular weight excluding hydrogens is 445 g/mol. The fraction of sp³-hybridized carbons (Fsp3) is 0.200. The number of aromatic nitrogens is 2. The van der Waals surface area contributed by atoms with Gasteiger partial charge in [0.1, 0.15) is 5.01 Å². The number of likely N-dealkylation sites (tertiary alicyclic amines) is 1. The zero-order valence-corrected chi connectivity index (χ0v) is 18.0. The summed E-state index contributed by atoms with van der Waals surface area (Å²) in [5, 5.41) is 15.6. The van der Waals surface area contributed by atoms with Crippen LogP contribution in [0, 0.1) is 0 Å². The number of anilines is 2. The molecule has 10 heteroatoms. The van der Waals surface area contributed by atoms with E-state index in [0.717, 1.165) is 12.8 Å². The van der Waals surface area contributed by atoms with Crippen molar-refractivity contribution in [3.05, 3.63) is 68.6 Å². The zero-order chi connectivity index (χ0) is 21.1. The Labute approximate surface area is 187 Å². The van der Waals surface area contributed by atoms with Gasteiger partial charge in [0.15, 0.2) is 0 Å². The molecule has 154 valence electrons. The lowest BCUT2D eigenvalue weighted by atomic mass is 10.2. The van der Waals surface area contributed by atoms with Gasteiger partial charge in [-0.3, -0.25) is 4.79 Å². The third-order valence-corrected chi connectivity index (χ3v) is 6.22. The number of amides is 3. The van der Waals surface area contributed by atoms with Crippen LogP contribution >= 0.6 is 34.5 Å². The Morgan fingerprint density at radius 2 is 1.90 bits per heavy atom. The molecule has 1 saturated heterocycles. The maximum Gasteiger partial charge on any atom is 0.322 e. The second-order valence-electron chi connectivity index (χ2n) is 6.67. The highest BCUT2D eigenvalue weighted by atomic mass is 35.5. The van der Waals surface area contributed by atoms with Crippen molar-refractivity contribution in [3.8, 4) is 0 Å². The van der Waals surface area contributed by atoms with Crippen LogP contribution in [-0.4, -0.2) is 33.6 Å². The maximum absolute atomic E-state index is 12.8. The van der Waals surface area contributed by atoms with Gasteiger partial charge in [-0.1, -0.05) is 52.7 Å². The number of benzene rings is 2. The van der Waals surface area contributed by atoms with Crippen LogP contribution in [0.4, 0.5) is 16.2 Å².